The van der Waals surface area contributed by atoms with Crippen molar-refractivity contribution in [1.82, 2.24) is 5.32 Å². The lowest BCUT2D eigenvalue weighted by atomic mass is 10.1. The summed E-state index contributed by atoms with van der Waals surface area (Å²) in [5.41, 5.74) is 3.98. The van der Waals surface area contributed by atoms with E-state index in [9.17, 15) is 9.59 Å². The van der Waals surface area contributed by atoms with Gasteiger partial charge in [-0.25, -0.2) is 0 Å². The van der Waals surface area contributed by atoms with Crippen LogP contribution in [0.5, 0.6) is 5.75 Å². The van der Waals surface area contributed by atoms with E-state index in [-0.39, 0.29) is 25.0 Å². The first-order valence-corrected chi connectivity index (χ1v) is 9.34. The van der Waals surface area contributed by atoms with Crippen LogP contribution in [0.1, 0.15) is 32.8 Å². The van der Waals surface area contributed by atoms with Crippen molar-refractivity contribution in [3.63, 3.8) is 0 Å². The van der Waals surface area contributed by atoms with Gasteiger partial charge >= 0.3 is 0 Å². The molecule has 0 saturated heterocycles. The lowest BCUT2D eigenvalue weighted by molar-refractivity contribution is -0.118. The molecule has 6 heteroatoms. The topological polar surface area (TPSA) is 80.6 Å². The molecule has 0 atom stereocenters. The van der Waals surface area contributed by atoms with Crippen molar-refractivity contribution in [2.75, 3.05) is 11.9 Å². The van der Waals surface area contributed by atoms with Gasteiger partial charge in [-0.2, -0.15) is 0 Å². The van der Waals surface area contributed by atoms with Gasteiger partial charge in [0.2, 0.25) is 0 Å². The normalized spacial score (nSPS) is 10.4. The molecule has 3 aromatic rings. The first kappa shape index (κ1) is 20.2. The van der Waals surface area contributed by atoms with Gasteiger partial charge in [-0.1, -0.05) is 18.2 Å². The van der Waals surface area contributed by atoms with Gasteiger partial charge in [0.25, 0.3) is 11.8 Å². The maximum Gasteiger partial charge on any atom is 0.262 e. The fourth-order valence-corrected chi connectivity index (χ4v) is 2.95. The molecule has 6 nitrogen and oxygen atoms in total. The molecule has 1 heterocycles. The number of carbonyl (C=O) groups excluding carboxylic acids is 2. The van der Waals surface area contributed by atoms with Crippen LogP contribution in [-0.4, -0.2) is 18.4 Å². The third-order valence-electron chi connectivity index (χ3n) is 4.57. The Balaban J connectivity index is 1.62. The van der Waals surface area contributed by atoms with Gasteiger partial charge in [-0.3, -0.25) is 9.59 Å². The molecule has 1 aromatic heterocycles. The average molecular weight is 392 g/mol. The van der Waals surface area contributed by atoms with Crippen LogP contribution >= 0.6 is 0 Å². The summed E-state index contributed by atoms with van der Waals surface area (Å²) in [7, 11) is 0. The first-order valence-electron chi connectivity index (χ1n) is 9.34. The van der Waals surface area contributed by atoms with Crippen molar-refractivity contribution < 1.29 is 18.7 Å². The molecular weight excluding hydrogens is 368 g/mol. The molecule has 2 amide bonds. The van der Waals surface area contributed by atoms with Crippen LogP contribution in [0, 0.1) is 20.8 Å². The van der Waals surface area contributed by atoms with Crippen LogP contribution in [0.2, 0.25) is 0 Å². The van der Waals surface area contributed by atoms with E-state index in [0.29, 0.717) is 22.8 Å². The van der Waals surface area contributed by atoms with Crippen LogP contribution in [0.25, 0.3) is 0 Å². The maximum atomic E-state index is 12.5. The van der Waals surface area contributed by atoms with Gasteiger partial charge in [0, 0.05) is 0 Å². The zero-order valence-electron chi connectivity index (χ0n) is 16.7. The maximum absolute atomic E-state index is 12.5. The van der Waals surface area contributed by atoms with E-state index in [1.807, 2.05) is 26.8 Å². The zero-order chi connectivity index (χ0) is 20.8. The predicted octanol–water partition coefficient (Wildman–Crippen LogP) is 4.15. The number of carbonyl (C=O) groups is 2. The van der Waals surface area contributed by atoms with E-state index in [4.69, 9.17) is 9.15 Å². The molecule has 0 bridgehead atoms. The second-order valence-electron chi connectivity index (χ2n) is 6.85. The Labute approximate surface area is 169 Å². The summed E-state index contributed by atoms with van der Waals surface area (Å²) in [5.74, 6) is 0.692. The third-order valence-corrected chi connectivity index (χ3v) is 4.57. The second kappa shape index (κ2) is 9.10. The van der Waals surface area contributed by atoms with Crippen LogP contribution in [0.15, 0.2) is 59.2 Å². The number of benzene rings is 2. The Morgan fingerprint density at radius 1 is 1.03 bits per heavy atom. The minimum absolute atomic E-state index is 0.147. The molecule has 0 fully saturated rings. The van der Waals surface area contributed by atoms with Crippen molar-refractivity contribution in [1.29, 1.82) is 0 Å². The zero-order valence-corrected chi connectivity index (χ0v) is 16.7. The lowest BCUT2D eigenvalue weighted by Crippen LogP contribution is -2.26. The largest absolute Gasteiger partial charge is 0.483 e. The fourth-order valence-electron chi connectivity index (χ4n) is 2.95. The van der Waals surface area contributed by atoms with Crippen LogP contribution in [-0.2, 0) is 11.3 Å². The van der Waals surface area contributed by atoms with Gasteiger partial charge in [0.15, 0.2) is 6.61 Å². The number of ether oxygens (including phenoxy) is 1. The highest BCUT2D eigenvalue weighted by molar-refractivity contribution is 6.04. The van der Waals surface area contributed by atoms with E-state index >= 15 is 0 Å². The Hall–Kier alpha value is -3.54. The Morgan fingerprint density at radius 2 is 1.83 bits per heavy atom. The highest BCUT2D eigenvalue weighted by atomic mass is 16.5. The first-order chi connectivity index (χ1) is 13.9. The summed E-state index contributed by atoms with van der Waals surface area (Å²) in [6.07, 6.45) is 1.55. The molecule has 2 aromatic carbocycles. The van der Waals surface area contributed by atoms with Crippen molar-refractivity contribution in [3.05, 3.63) is 82.8 Å². The molecule has 3 rings (SSSR count). The molecule has 0 aliphatic rings. The lowest BCUT2D eigenvalue weighted by Gasteiger charge is -2.14. The number of rotatable bonds is 7. The molecule has 0 saturated carbocycles. The summed E-state index contributed by atoms with van der Waals surface area (Å²) < 4.78 is 10.9. The van der Waals surface area contributed by atoms with Crippen LogP contribution in [0.4, 0.5) is 5.69 Å². The number of hydrogen-bond acceptors (Lipinski definition) is 4. The van der Waals surface area contributed by atoms with Crippen molar-refractivity contribution >= 4 is 17.5 Å². The standard InChI is InChI=1S/C23H24N2O4/c1-15-11-16(2)17(3)21(12-15)29-14-22(26)25-20-9-5-4-8-19(20)23(27)24-13-18-7-6-10-28-18/h4-12H,13-14H2,1-3H3,(H,24,27)(H,25,26). The number of nitrogens with one attached hydrogen (secondary N) is 2. The summed E-state index contributed by atoms with van der Waals surface area (Å²) >= 11 is 0. The second-order valence-corrected chi connectivity index (χ2v) is 6.85. The van der Waals surface area contributed by atoms with E-state index in [0.717, 1.165) is 16.7 Å². The highest BCUT2D eigenvalue weighted by Crippen LogP contribution is 2.23. The number of amides is 2. The smallest absolute Gasteiger partial charge is 0.262 e. The number of anilines is 1. The number of furan rings is 1. The SMILES string of the molecule is Cc1cc(C)c(C)c(OCC(=O)Nc2ccccc2C(=O)NCc2ccco2)c1. The van der Waals surface area contributed by atoms with Gasteiger partial charge in [-0.15, -0.1) is 0 Å². The molecule has 0 aliphatic carbocycles. The molecule has 29 heavy (non-hydrogen) atoms. The van der Waals surface area contributed by atoms with E-state index in [1.54, 1.807) is 42.7 Å². The summed E-state index contributed by atoms with van der Waals surface area (Å²) in [5, 5.41) is 5.53. The van der Waals surface area contributed by atoms with Crippen molar-refractivity contribution in [2.24, 2.45) is 0 Å². The van der Waals surface area contributed by atoms with Crippen molar-refractivity contribution in [3.8, 4) is 5.75 Å². The number of hydrogen-bond donors (Lipinski definition) is 2. The minimum Gasteiger partial charge on any atom is -0.483 e. The quantitative estimate of drug-likeness (QED) is 0.633. The average Bonchev–Trinajstić information content (AvgIpc) is 3.22. The minimum atomic E-state index is -0.338. The van der Waals surface area contributed by atoms with Crippen LogP contribution in [0.3, 0.4) is 0 Å². The van der Waals surface area contributed by atoms with Gasteiger partial charge in [0.1, 0.15) is 11.5 Å². The molecule has 0 spiro atoms. The predicted molar refractivity (Wildman–Crippen MR) is 111 cm³/mol. The molecule has 2 N–H and O–H groups in total. The van der Waals surface area contributed by atoms with Gasteiger partial charge in [-0.05, 0) is 67.8 Å². The van der Waals surface area contributed by atoms with E-state index in [1.165, 1.54) is 0 Å². The number of para-hydroxylation sites is 1. The number of aryl methyl sites for hydroxylation is 2. The van der Waals surface area contributed by atoms with Crippen LogP contribution < -0.4 is 15.4 Å². The summed E-state index contributed by atoms with van der Waals surface area (Å²) in [6, 6.07) is 14.4. The van der Waals surface area contributed by atoms with E-state index in [2.05, 4.69) is 16.7 Å². The molecule has 0 radical (unpaired) electrons. The Morgan fingerprint density at radius 3 is 2.59 bits per heavy atom. The summed E-state index contributed by atoms with van der Waals surface area (Å²) in [4.78, 5) is 24.9. The molecule has 0 unspecified atom stereocenters. The molecule has 150 valence electrons. The summed E-state index contributed by atoms with van der Waals surface area (Å²) in [6.45, 7) is 6.07. The monoisotopic (exact) mass is 392 g/mol. The fraction of sp³-hybridized carbons (Fsp3) is 0.217. The van der Waals surface area contributed by atoms with E-state index < -0.39 is 0 Å². The third kappa shape index (κ3) is 5.25. The highest BCUT2D eigenvalue weighted by Gasteiger charge is 2.14. The Bertz CT molecular complexity index is 1010. The molecule has 0 aliphatic heterocycles. The van der Waals surface area contributed by atoms with Gasteiger partial charge in [0.05, 0.1) is 24.1 Å². The van der Waals surface area contributed by atoms with Gasteiger partial charge < -0.3 is 19.8 Å². The van der Waals surface area contributed by atoms with Crippen molar-refractivity contribution in [2.45, 2.75) is 27.3 Å². The molecular formula is C23H24N2O4. The Kier molecular flexibility index (Phi) is 6.34.